The van der Waals surface area contributed by atoms with Crippen LogP contribution in [0.4, 0.5) is 0 Å². The molecule has 19 rings (SSSR count). The van der Waals surface area contributed by atoms with Crippen LogP contribution in [-0.4, -0.2) is 22.9 Å². The molecule has 19 aromatic rings. The van der Waals surface area contributed by atoms with E-state index in [-0.39, 0.29) is 10.8 Å². The SMILES string of the molecule is CC(C)(C)c1cc(-c2ccc3c(c2)c2ccccc2n3-c2ccccc2)c2c(c1)c1cc3ccccc3c3c4nc5c(cc4n2c13)c1cc(C(C)(C)C)cc2c3cc4ccccc4c(-c4ccc6c(c4)c4ccccc4n6-c4ccccc4)c3n5c12. The summed E-state index contributed by atoms with van der Waals surface area (Å²) in [6.45, 7) is 14.1. The Kier molecular flexibility index (Phi) is 9.28. The topological polar surface area (TPSA) is 31.6 Å². The van der Waals surface area contributed by atoms with Crippen LogP contribution in [0, 0.1) is 0 Å². The molecule has 0 atom stereocenters. The Labute approximate surface area is 495 Å². The summed E-state index contributed by atoms with van der Waals surface area (Å²) in [6, 6.07) is 89.1. The molecule has 0 saturated carbocycles. The highest BCUT2D eigenvalue weighted by molar-refractivity contribution is 6.34. The van der Waals surface area contributed by atoms with Crippen molar-refractivity contribution in [1.29, 1.82) is 0 Å². The lowest BCUT2D eigenvalue weighted by molar-refractivity contribution is 0.591. The van der Waals surface area contributed by atoms with E-state index in [0.29, 0.717) is 0 Å². The maximum atomic E-state index is 6.20. The van der Waals surface area contributed by atoms with Gasteiger partial charge in [0, 0.05) is 81.8 Å². The number of aromatic nitrogens is 5. The van der Waals surface area contributed by atoms with E-state index in [2.05, 4.69) is 296 Å². The first-order valence-corrected chi connectivity index (χ1v) is 30.3. The number of pyridine rings is 1. The average molecular weight is 1100 g/mol. The molecule has 406 valence electrons. The fourth-order valence-electron chi connectivity index (χ4n) is 15.4. The summed E-state index contributed by atoms with van der Waals surface area (Å²) in [6.07, 6.45) is 0. The van der Waals surface area contributed by atoms with Crippen molar-refractivity contribution in [2.75, 3.05) is 0 Å². The third kappa shape index (κ3) is 6.31. The van der Waals surface area contributed by atoms with Crippen LogP contribution in [-0.2, 0) is 10.8 Å². The second-order valence-electron chi connectivity index (χ2n) is 26.3. The van der Waals surface area contributed by atoms with Gasteiger partial charge in [0.2, 0.25) is 0 Å². The molecule has 0 radical (unpaired) electrons. The maximum Gasteiger partial charge on any atom is 0.146 e. The number of hydrogen-bond acceptors (Lipinski definition) is 1. The number of nitrogens with zero attached hydrogens (tertiary/aromatic N) is 5. The van der Waals surface area contributed by atoms with Gasteiger partial charge in [-0.3, -0.25) is 4.40 Å². The Balaban J connectivity index is 0.966. The van der Waals surface area contributed by atoms with E-state index in [0.717, 1.165) is 33.4 Å². The zero-order valence-corrected chi connectivity index (χ0v) is 48.8. The molecule has 0 aliphatic rings. The van der Waals surface area contributed by atoms with Gasteiger partial charge in [-0.05, 0) is 158 Å². The molecule has 0 aliphatic heterocycles. The summed E-state index contributed by atoms with van der Waals surface area (Å²) >= 11 is 0. The second kappa shape index (κ2) is 16.6. The van der Waals surface area contributed by atoms with Crippen LogP contribution >= 0.6 is 0 Å². The minimum Gasteiger partial charge on any atom is -0.309 e. The van der Waals surface area contributed by atoms with Gasteiger partial charge in [-0.1, -0.05) is 175 Å². The van der Waals surface area contributed by atoms with E-state index in [1.165, 1.54) is 153 Å². The summed E-state index contributed by atoms with van der Waals surface area (Å²) in [5, 5.41) is 18.4. The fourth-order valence-corrected chi connectivity index (χ4v) is 15.4. The van der Waals surface area contributed by atoms with E-state index < -0.39 is 0 Å². The lowest BCUT2D eigenvalue weighted by Crippen LogP contribution is -2.11. The second-order valence-corrected chi connectivity index (χ2v) is 26.3. The van der Waals surface area contributed by atoms with Crippen molar-refractivity contribution in [1.82, 2.24) is 22.9 Å². The minimum atomic E-state index is -0.129. The van der Waals surface area contributed by atoms with E-state index >= 15 is 0 Å². The van der Waals surface area contributed by atoms with Gasteiger partial charge in [-0.15, -0.1) is 0 Å². The van der Waals surface area contributed by atoms with Crippen molar-refractivity contribution in [3.8, 4) is 33.6 Å². The predicted molar refractivity (Wildman–Crippen MR) is 366 cm³/mol. The third-order valence-corrected chi connectivity index (χ3v) is 19.4. The quantitative estimate of drug-likeness (QED) is 0.173. The first kappa shape index (κ1) is 47.9. The van der Waals surface area contributed by atoms with Gasteiger partial charge in [-0.2, -0.15) is 0 Å². The van der Waals surface area contributed by atoms with Crippen molar-refractivity contribution in [3.05, 3.63) is 248 Å². The molecule has 0 amide bonds. The van der Waals surface area contributed by atoms with E-state index in [1.54, 1.807) is 0 Å². The molecule has 0 unspecified atom stereocenters. The van der Waals surface area contributed by atoms with Gasteiger partial charge >= 0.3 is 0 Å². The number of para-hydroxylation sites is 4. The molecule has 0 bridgehead atoms. The third-order valence-electron chi connectivity index (χ3n) is 19.4. The van der Waals surface area contributed by atoms with Gasteiger partial charge in [0.25, 0.3) is 0 Å². The van der Waals surface area contributed by atoms with E-state index in [1.807, 2.05) is 0 Å². The molecule has 0 aliphatic carbocycles. The predicted octanol–water partition coefficient (Wildman–Crippen LogP) is 21.8. The molecule has 12 aromatic carbocycles. The highest BCUT2D eigenvalue weighted by atomic mass is 15.0. The molecule has 0 N–H and O–H groups in total. The minimum absolute atomic E-state index is 0.119. The number of benzene rings is 12. The lowest BCUT2D eigenvalue weighted by Gasteiger charge is -2.21. The number of hydrogen-bond donors (Lipinski definition) is 0. The highest BCUT2D eigenvalue weighted by Gasteiger charge is 2.31. The largest absolute Gasteiger partial charge is 0.309 e. The Morgan fingerprint density at radius 2 is 0.767 bits per heavy atom. The number of fused-ring (bicyclic) bond motifs is 21. The summed E-state index contributed by atoms with van der Waals surface area (Å²) in [5.41, 5.74) is 22.3. The summed E-state index contributed by atoms with van der Waals surface area (Å²) < 4.78 is 10.0. The van der Waals surface area contributed by atoms with Gasteiger partial charge in [0.1, 0.15) is 5.65 Å². The molecule has 0 saturated heterocycles. The monoisotopic (exact) mass is 1100 g/mol. The molecule has 5 nitrogen and oxygen atoms in total. The summed E-state index contributed by atoms with van der Waals surface area (Å²) in [5.74, 6) is 0. The molecular formula is C81H57N5. The van der Waals surface area contributed by atoms with Crippen LogP contribution in [0.2, 0.25) is 0 Å². The molecule has 7 aromatic heterocycles. The zero-order chi connectivity index (χ0) is 57.2. The van der Waals surface area contributed by atoms with Gasteiger partial charge in [0.05, 0.1) is 55.2 Å². The Morgan fingerprint density at radius 3 is 1.38 bits per heavy atom. The molecule has 5 heteroatoms. The fraction of sp³-hybridized carbons (Fsp3) is 0.0988. The van der Waals surface area contributed by atoms with Crippen LogP contribution < -0.4 is 0 Å². The van der Waals surface area contributed by atoms with Crippen molar-refractivity contribution < 1.29 is 0 Å². The van der Waals surface area contributed by atoms with Crippen LogP contribution in [0.5, 0.6) is 0 Å². The van der Waals surface area contributed by atoms with Crippen LogP contribution in [0.3, 0.4) is 0 Å². The van der Waals surface area contributed by atoms with Gasteiger partial charge in [0.15, 0.2) is 0 Å². The first-order chi connectivity index (χ1) is 41.9. The van der Waals surface area contributed by atoms with Crippen LogP contribution in [0.1, 0.15) is 52.7 Å². The van der Waals surface area contributed by atoms with Crippen molar-refractivity contribution in [2.45, 2.75) is 52.4 Å². The highest BCUT2D eigenvalue weighted by Crippen LogP contribution is 2.52. The summed E-state index contributed by atoms with van der Waals surface area (Å²) in [4.78, 5) is 6.20. The molecule has 0 fully saturated rings. The zero-order valence-electron chi connectivity index (χ0n) is 48.8. The Morgan fingerprint density at radius 1 is 0.302 bits per heavy atom. The maximum absolute atomic E-state index is 6.20. The smallest absolute Gasteiger partial charge is 0.146 e. The molecular weight excluding hydrogens is 1040 g/mol. The van der Waals surface area contributed by atoms with Gasteiger partial charge in [-0.25, -0.2) is 4.98 Å². The van der Waals surface area contributed by atoms with Crippen LogP contribution in [0.25, 0.3) is 175 Å². The first-order valence-electron chi connectivity index (χ1n) is 30.3. The van der Waals surface area contributed by atoms with E-state index in [4.69, 9.17) is 4.98 Å². The molecule has 0 spiro atoms. The molecule has 86 heavy (non-hydrogen) atoms. The normalized spacial score (nSPS) is 13.0. The van der Waals surface area contributed by atoms with Crippen LogP contribution in [0.15, 0.2) is 237 Å². The molecule has 7 heterocycles. The standard InChI is InChI=1S/C81H57N5/c1-80(2,3)50-41-58(48-33-35-69-59(37-48)56-29-17-19-31-67(56)83(69)52-23-9-7-10-24-52)75-63(42-50)62-39-47-22-14-16-28-55(47)73-74-71(85(75)78(62)73)45-66-65-44-51(81(4,5)6)43-64-61-38-46-21-13-15-27-54(46)72(77(61)86(76(64)65)79(66)82-74)49-34-36-70-60(40-49)57-30-18-20-32-68(57)84(70)53-25-11-8-12-26-53/h7-45H,1-6H3. The van der Waals surface area contributed by atoms with Gasteiger partial charge < -0.3 is 13.5 Å². The van der Waals surface area contributed by atoms with E-state index in [9.17, 15) is 0 Å². The summed E-state index contributed by atoms with van der Waals surface area (Å²) in [7, 11) is 0. The Bertz CT molecular complexity index is 6130. The lowest BCUT2D eigenvalue weighted by atomic mass is 9.84. The average Bonchev–Trinajstić information content (AvgIpc) is 1.62. The Hall–Kier alpha value is -10.5. The number of rotatable bonds is 4. The van der Waals surface area contributed by atoms with Crippen molar-refractivity contribution >= 4 is 142 Å². The van der Waals surface area contributed by atoms with Crippen molar-refractivity contribution in [2.24, 2.45) is 0 Å². The van der Waals surface area contributed by atoms with Crippen molar-refractivity contribution in [3.63, 3.8) is 0 Å².